The molecule has 2 rings (SSSR count). The van der Waals surface area contributed by atoms with E-state index in [9.17, 15) is 4.79 Å². The summed E-state index contributed by atoms with van der Waals surface area (Å²) in [5.74, 6) is 0.306. The van der Waals surface area contributed by atoms with E-state index in [4.69, 9.17) is 0 Å². The van der Waals surface area contributed by atoms with Gasteiger partial charge in [-0.1, -0.05) is 0 Å². The van der Waals surface area contributed by atoms with Crippen LogP contribution in [0.2, 0.25) is 0 Å². The third-order valence-corrected chi connectivity index (χ3v) is 3.71. The van der Waals surface area contributed by atoms with E-state index in [0.29, 0.717) is 17.9 Å². The second kappa shape index (κ2) is 6.65. The fourth-order valence-electron chi connectivity index (χ4n) is 2.56. The van der Waals surface area contributed by atoms with E-state index in [1.54, 1.807) is 0 Å². The summed E-state index contributed by atoms with van der Waals surface area (Å²) in [5, 5.41) is 6.71. The Morgan fingerprint density at radius 3 is 2.50 bits per heavy atom. The highest BCUT2D eigenvalue weighted by Gasteiger charge is 2.20. The predicted octanol–water partition coefficient (Wildman–Crippen LogP) is 1.51. The maximum absolute atomic E-state index is 11.5. The van der Waals surface area contributed by atoms with Crippen LogP contribution in [0.5, 0.6) is 0 Å². The number of ether oxygens (including phenoxy) is 1. The number of aryl methyl sites for hydroxylation is 1. The number of nitrogens with one attached hydrogen (secondary N) is 2. The normalized spacial score (nSPS) is 22.4. The molecule has 0 spiro atoms. The van der Waals surface area contributed by atoms with Gasteiger partial charge in [0.1, 0.15) is 5.82 Å². The monoisotopic (exact) mass is 278 g/mol. The number of hydrogen-bond acceptors (Lipinski definition) is 6. The maximum atomic E-state index is 11.5. The molecule has 0 bridgehead atoms. The van der Waals surface area contributed by atoms with Crippen molar-refractivity contribution in [2.75, 3.05) is 19.5 Å². The molecule has 1 aliphatic carbocycles. The van der Waals surface area contributed by atoms with Gasteiger partial charge >= 0.3 is 5.97 Å². The van der Waals surface area contributed by atoms with Crippen molar-refractivity contribution in [1.29, 1.82) is 0 Å². The molecule has 0 atom stereocenters. The van der Waals surface area contributed by atoms with Gasteiger partial charge in [-0.25, -0.2) is 14.8 Å². The average Bonchev–Trinajstić information content (AvgIpc) is 2.46. The largest absolute Gasteiger partial charge is 0.463 e. The van der Waals surface area contributed by atoms with Crippen molar-refractivity contribution in [3.05, 3.63) is 17.6 Å². The number of carbonyl (C=O) groups excluding carboxylic acids is 1. The van der Waals surface area contributed by atoms with E-state index in [1.165, 1.54) is 7.11 Å². The van der Waals surface area contributed by atoms with Crippen LogP contribution in [0.25, 0.3) is 0 Å². The molecule has 1 fully saturated rings. The second-order valence-corrected chi connectivity index (χ2v) is 5.19. The lowest BCUT2D eigenvalue weighted by Gasteiger charge is -2.29. The molecule has 6 heteroatoms. The van der Waals surface area contributed by atoms with Crippen LogP contribution < -0.4 is 10.6 Å². The molecular weight excluding hydrogens is 256 g/mol. The maximum Gasteiger partial charge on any atom is 0.376 e. The molecule has 1 heterocycles. The van der Waals surface area contributed by atoms with Gasteiger partial charge in [-0.15, -0.1) is 0 Å². The van der Waals surface area contributed by atoms with Crippen molar-refractivity contribution >= 4 is 11.8 Å². The quantitative estimate of drug-likeness (QED) is 0.813. The van der Waals surface area contributed by atoms with Crippen molar-refractivity contribution in [3.8, 4) is 0 Å². The first-order chi connectivity index (χ1) is 9.62. The summed E-state index contributed by atoms with van der Waals surface area (Å²) in [6, 6.07) is 2.88. The van der Waals surface area contributed by atoms with E-state index >= 15 is 0 Å². The molecule has 2 N–H and O–H groups in total. The van der Waals surface area contributed by atoms with Crippen molar-refractivity contribution in [2.45, 2.75) is 44.7 Å². The van der Waals surface area contributed by atoms with Crippen molar-refractivity contribution < 1.29 is 9.53 Å². The summed E-state index contributed by atoms with van der Waals surface area (Å²) in [4.78, 5) is 19.8. The molecule has 0 saturated heterocycles. The Balaban J connectivity index is 2.02. The number of anilines is 1. The Bertz CT molecular complexity index is 470. The van der Waals surface area contributed by atoms with Gasteiger partial charge in [-0.05, 0) is 39.7 Å². The number of methoxy groups -OCH3 is 1. The van der Waals surface area contributed by atoms with Gasteiger partial charge in [0, 0.05) is 23.8 Å². The van der Waals surface area contributed by atoms with Gasteiger partial charge in [0.2, 0.25) is 5.82 Å². The molecule has 110 valence electrons. The lowest BCUT2D eigenvalue weighted by Crippen LogP contribution is -2.35. The smallest absolute Gasteiger partial charge is 0.376 e. The standard InChI is InChI=1S/C14H22N4O2/c1-9-8-12(18-13(16-9)14(19)20-3)17-11-6-4-10(15-2)5-7-11/h8,10-11,15H,4-7H2,1-3H3,(H,16,17,18). The van der Waals surface area contributed by atoms with Crippen molar-refractivity contribution in [1.82, 2.24) is 15.3 Å². The van der Waals surface area contributed by atoms with Crippen LogP contribution >= 0.6 is 0 Å². The van der Waals surface area contributed by atoms with Crippen LogP contribution in [-0.4, -0.2) is 42.2 Å². The van der Waals surface area contributed by atoms with E-state index in [0.717, 1.165) is 31.4 Å². The van der Waals surface area contributed by atoms with Gasteiger partial charge in [-0.2, -0.15) is 0 Å². The Morgan fingerprint density at radius 1 is 1.25 bits per heavy atom. The fraction of sp³-hybridized carbons (Fsp3) is 0.643. The molecular formula is C14H22N4O2. The van der Waals surface area contributed by atoms with Crippen molar-refractivity contribution in [2.24, 2.45) is 0 Å². The molecule has 1 saturated carbocycles. The number of hydrogen-bond donors (Lipinski definition) is 2. The molecule has 0 aliphatic heterocycles. The van der Waals surface area contributed by atoms with E-state index in [1.807, 2.05) is 20.0 Å². The van der Waals surface area contributed by atoms with Crippen LogP contribution in [0.3, 0.4) is 0 Å². The zero-order valence-electron chi connectivity index (χ0n) is 12.3. The Kier molecular flexibility index (Phi) is 4.89. The number of carbonyl (C=O) groups is 1. The average molecular weight is 278 g/mol. The SMILES string of the molecule is CNC1CCC(Nc2cc(C)nc(C(=O)OC)n2)CC1. The Labute approximate surface area is 119 Å². The predicted molar refractivity (Wildman–Crippen MR) is 76.8 cm³/mol. The van der Waals surface area contributed by atoms with Crippen LogP contribution in [-0.2, 0) is 4.74 Å². The van der Waals surface area contributed by atoms with Crippen LogP contribution in [0, 0.1) is 6.92 Å². The number of nitrogens with zero attached hydrogens (tertiary/aromatic N) is 2. The number of esters is 1. The summed E-state index contributed by atoms with van der Waals surface area (Å²) < 4.78 is 4.66. The zero-order valence-corrected chi connectivity index (χ0v) is 12.3. The highest BCUT2D eigenvalue weighted by Crippen LogP contribution is 2.21. The minimum atomic E-state index is -0.504. The number of aromatic nitrogens is 2. The molecule has 0 aromatic carbocycles. The second-order valence-electron chi connectivity index (χ2n) is 5.19. The topological polar surface area (TPSA) is 76.1 Å². The third kappa shape index (κ3) is 3.66. The molecule has 0 radical (unpaired) electrons. The van der Waals surface area contributed by atoms with Crippen LogP contribution in [0.4, 0.5) is 5.82 Å². The van der Waals surface area contributed by atoms with Gasteiger partial charge in [-0.3, -0.25) is 0 Å². The zero-order chi connectivity index (χ0) is 14.5. The summed E-state index contributed by atoms with van der Waals surface area (Å²) in [6.07, 6.45) is 4.51. The summed E-state index contributed by atoms with van der Waals surface area (Å²) in [5.41, 5.74) is 0.756. The minimum Gasteiger partial charge on any atom is -0.463 e. The fourth-order valence-corrected chi connectivity index (χ4v) is 2.56. The van der Waals surface area contributed by atoms with Crippen LogP contribution in [0.1, 0.15) is 42.0 Å². The first-order valence-electron chi connectivity index (χ1n) is 7.00. The molecule has 0 unspecified atom stereocenters. The third-order valence-electron chi connectivity index (χ3n) is 3.71. The lowest BCUT2D eigenvalue weighted by atomic mass is 9.91. The van der Waals surface area contributed by atoms with E-state index in [2.05, 4.69) is 25.3 Å². The van der Waals surface area contributed by atoms with Gasteiger partial charge < -0.3 is 15.4 Å². The molecule has 1 aromatic rings. The van der Waals surface area contributed by atoms with Crippen LogP contribution in [0.15, 0.2) is 6.07 Å². The molecule has 20 heavy (non-hydrogen) atoms. The summed E-state index contributed by atoms with van der Waals surface area (Å²) >= 11 is 0. The summed E-state index contributed by atoms with van der Waals surface area (Å²) in [7, 11) is 3.34. The highest BCUT2D eigenvalue weighted by atomic mass is 16.5. The Hall–Kier alpha value is -1.69. The van der Waals surface area contributed by atoms with E-state index in [-0.39, 0.29) is 5.82 Å². The Morgan fingerprint density at radius 2 is 1.90 bits per heavy atom. The molecule has 1 aromatic heterocycles. The van der Waals surface area contributed by atoms with E-state index < -0.39 is 5.97 Å². The molecule has 0 amide bonds. The first kappa shape index (κ1) is 14.7. The molecule has 6 nitrogen and oxygen atoms in total. The first-order valence-corrected chi connectivity index (χ1v) is 7.00. The molecule has 1 aliphatic rings. The summed E-state index contributed by atoms with van der Waals surface area (Å²) in [6.45, 7) is 1.84. The highest BCUT2D eigenvalue weighted by molar-refractivity contribution is 5.85. The minimum absolute atomic E-state index is 0.110. The van der Waals surface area contributed by atoms with Gasteiger partial charge in [0.05, 0.1) is 7.11 Å². The van der Waals surface area contributed by atoms with Gasteiger partial charge in [0.25, 0.3) is 0 Å². The number of rotatable bonds is 4. The van der Waals surface area contributed by atoms with Gasteiger partial charge in [0.15, 0.2) is 0 Å². The van der Waals surface area contributed by atoms with Crippen molar-refractivity contribution in [3.63, 3.8) is 0 Å². The lowest BCUT2D eigenvalue weighted by molar-refractivity contribution is 0.0586.